The normalized spacial score (nSPS) is 14.6. The van der Waals surface area contributed by atoms with Crippen LogP contribution in [0.5, 0.6) is 5.88 Å². The number of sulfonamides is 1. The van der Waals surface area contributed by atoms with Crippen LogP contribution in [-0.2, 0) is 33.9 Å². The molecule has 0 amide bonds. The first kappa shape index (κ1) is 42.5. The monoisotopic (exact) mass is 796 g/mol. The van der Waals surface area contributed by atoms with Gasteiger partial charge in [-0.3, -0.25) is 14.7 Å². The Labute approximate surface area is 327 Å². The highest BCUT2D eigenvalue weighted by molar-refractivity contribution is 7.92. The number of likely N-dealkylation sites (N-methyl/N-ethyl adjacent to an activating group) is 1. The van der Waals surface area contributed by atoms with E-state index in [0.717, 1.165) is 30.5 Å². The Morgan fingerprint density at radius 1 is 1.04 bits per heavy atom. The fourth-order valence-electron chi connectivity index (χ4n) is 6.77. The third-order valence-corrected chi connectivity index (χ3v) is 10.7. The molecule has 1 N–H and O–H groups in total. The lowest BCUT2D eigenvalue weighted by atomic mass is 9.87. The van der Waals surface area contributed by atoms with Crippen LogP contribution >= 0.6 is 0 Å². The summed E-state index contributed by atoms with van der Waals surface area (Å²) in [7, 11) is -2.59. The lowest BCUT2D eigenvalue weighted by Gasteiger charge is -2.33. The van der Waals surface area contributed by atoms with E-state index in [1.165, 1.54) is 18.2 Å². The molecule has 5 rings (SSSR count). The third kappa shape index (κ3) is 11.0. The van der Waals surface area contributed by atoms with Gasteiger partial charge in [0.1, 0.15) is 18.5 Å². The average Bonchev–Trinajstić information content (AvgIpc) is 3.12. The van der Waals surface area contributed by atoms with Gasteiger partial charge in [-0.05, 0) is 73.5 Å². The summed E-state index contributed by atoms with van der Waals surface area (Å²) in [6, 6.07) is 14.0. The fourth-order valence-corrected chi connectivity index (χ4v) is 7.76. The first-order valence-electron chi connectivity index (χ1n) is 18.6. The number of rotatable bonds is 15. The van der Waals surface area contributed by atoms with E-state index in [1.54, 1.807) is 25.1 Å². The quantitative estimate of drug-likeness (QED) is 0.119. The molecule has 2 aromatic carbocycles. The second kappa shape index (κ2) is 17.7. The summed E-state index contributed by atoms with van der Waals surface area (Å²) in [4.78, 5) is 28.4. The van der Waals surface area contributed by atoms with E-state index in [0.29, 0.717) is 50.0 Å². The number of aldehydes is 1. The second-order valence-electron chi connectivity index (χ2n) is 15.8. The number of ether oxygens (including phenoxy) is 2. The number of alkyl halides is 3. The molecular weight excluding hydrogens is 746 g/mol. The van der Waals surface area contributed by atoms with Crippen molar-refractivity contribution in [2.45, 2.75) is 78.0 Å². The van der Waals surface area contributed by atoms with Gasteiger partial charge in [0.05, 0.1) is 41.4 Å². The lowest BCUT2D eigenvalue weighted by molar-refractivity contribution is -0.139. The number of nitrogens with one attached hydrogen (secondary N) is 1. The number of hydrogen-bond acceptors (Lipinski definition) is 10. The van der Waals surface area contributed by atoms with Crippen LogP contribution in [-0.4, -0.2) is 80.6 Å². The number of hydrogen-bond donors (Lipinski definition) is 1. The third-order valence-electron chi connectivity index (χ3n) is 9.39. The molecule has 56 heavy (non-hydrogen) atoms. The smallest absolute Gasteiger partial charge is 0.423 e. The van der Waals surface area contributed by atoms with Crippen LogP contribution in [0.15, 0.2) is 65.7 Å². The Bertz CT molecular complexity index is 2080. The topological polar surface area (TPSA) is 127 Å². The molecular formula is C41H51F3N6O5S. The van der Waals surface area contributed by atoms with Crippen LogP contribution in [0.1, 0.15) is 73.8 Å². The molecule has 15 heteroatoms. The number of nitrogens with zero attached hydrogens (tertiary/aromatic N) is 5. The van der Waals surface area contributed by atoms with E-state index >= 15 is 13.2 Å². The van der Waals surface area contributed by atoms with Crippen molar-refractivity contribution in [2.75, 3.05) is 49.6 Å². The second-order valence-corrected chi connectivity index (χ2v) is 17.5. The van der Waals surface area contributed by atoms with E-state index in [-0.39, 0.29) is 34.0 Å². The maximum absolute atomic E-state index is 15.4. The molecule has 302 valence electrons. The number of anilines is 2. The van der Waals surface area contributed by atoms with E-state index in [2.05, 4.69) is 24.6 Å². The van der Waals surface area contributed by atoms with Crippen LogP contribution in [0.4, 0.5) is 24.8 Å². The zero-order chi connectivity index (χ0) is 40.8. The Kier molecular flexibility index (Phi) is 13.4. The van der Waals surface area contributed by atoms with Crippen molar-refractivity contribution in [2.24, 2.45) is 11.3 Å². The van der Waals surface area contributed by atoms with Gasteiger partial charge in [-0.25, -0.2) is 18.1 Å². The molecule has 11 nitrogen and oxygen atoms in total. The van der Waals surface area contributed by atoms with E-state index in [9.17, 15) is 13.2 Å². The number of pyridine rings is 1. The SMILES string of the molecule is Cc1cccc(CC(C)C)c1-c1nc(NS(=O)(=O)c2cccc(C=O)c2)nc(OC[C@@H](CC(C)(C)C)N(C)Cc2ccc(N3CCOCC3)cn2)c1C(F)(F)F. The number of aromatic nitrogens is 3. The molecule has 1 fully saturated rings. The van der Waals surface area contributed by atoms with Gasteiger partial charge in [-0.2, -0.15) is 18.2 Å². The van der Waals surface area contributed by atoms with Crippen molar-refractivity contribution < 1.29 is 35.9 Å². The average molecular weight is 797 g/mol. The van der Waals surface area contributed by atoms with Gasteiger partial charge >= 0.3 is 6.18 Å². The Morgan fingerprint density at radius 2 is 1.75 bits per heavy atom. The van der Waals surface area contributed by atoms with E-state index in [1.807, 2.05) is 64.9 Å². The number of carbonyl (C=O) groups excluding carboxylic acids is 1. The largest absolute Gasteiger partial charge is 0.475 e. The summed E-state index contributed by atoms with van der Waals surface area (Å²) in [5.74, 6) is -1.33. The molecule has 1 aliphatic rings. The highest BCUT2D eigenvalue weighted by atomic mass is 32.2. The molecule has 3 heterocycles. The molecule has 0 unspecified atom stereocenters. The predicted molar refractivity (Wildman–Crippen MR) is 210 cm³/mol. The summed E-state index contributed by atoms with van der Waals surface area (Å²) in [5.41, 5.74) is 1.26. The van der Waals surface area contributed by atoms with E-state index in [4.69, 9.17) is 9.47 Å². The molecule has 0 radical (unpaired) electrons. The fraction of sp³-hybridized carbons (Fsp3) is 0.463. The number of halogens is 3. The first-order chi connectivity index (χ1) is 26.3. The molecule has 2 aromatic heterocycles. The van der Waals surface area contributed by atoms with Gasteiger partial charge in [-0.15, -0.1) is 0 Å². The summed E-state index contributed by atoms with van der Waals surface area (Å²) in [6.45, 7) is 14.7. The minimum Gasteiger partial charge on any atom is -0.475 e. The van der Waals surface area contributed by atoms with Crippen LogP contribution in [0.2, 0.25) is 0 Å². The van der Waals surface area contributed by atoms with Crippen LogP contribution in [0.3, 0.4) is 0 Å². The summed E-state index contributed by atoms with van der Waals surface area (Å²) in [6.07, 6.45) is -1.70. The van der Waals surface area contributed by atoms with Crippen molar-refractivity contribution in [1.82, 2.24) is 19.9 Å². The van der Waals surface area contributed by atoms with Crippen molar-refractivity contribution in [3.63, 3.8) is 0 Å². The summed E-state index contributed by atoms with van der Waals surface area (Å²) in [5, 5.41) is 0. The lowest BCUT2D eigenvalue weighted by Crippen LogP contribution is -2.39. The molecule has 0 bridgehead atoms. The Hall–Kier alpha value is -4.60. The van der Waals surface area contributed by atoms with Crippen molar-refractivity contribution in [3.8, 4) is 17.1 Å². The Balaban J connectivity index is 1.56. The molecule has 4 aromatic rings. The first-order valence-corrected chi connectivity index (χ1v) is 20.1. The summed E-state index contributed by atoms with van der Waals surface area (Å²) < 4.78 is 87.2. The highest BCUT2D eigenvalue weighted by Crippen LogP contribution is 2.44. The molecule has 1 atom stereocenters. The standard InChI is InChI=1S/C41H51F3N6O5S/c1-27(2)20-30-12-8-10-28(3)35(30)37-36(41(42,43)44)38(47-39(46-37)48-56(52,53)34-13-9-11-29(21-34)25-51)55-26-33(22-40(4,5)6)49(7)24-31-14-15-32(23-45-31)50-16-18-54-19-17-50/h8-15,21,23,25,27,33H,16-20,22,24,26H2,1-7H3,(H,46,47,48)/t33-/m1/s1. The van der Waals surface area contributed by atoms with Gasteiger partial charge in [-0.1, -0.05) is 65.0 Å². The maximum atomic E-state index is 15.4. The van der Waals surface area contributed by atoms with Crippen molar-refractivity contribution in [3.05, 3.63) is 88.7 Å². The van der Waals surface area contributed by atoms with Gasteiger partial charge in [0.15, 0.2) is 0 Å². The van der Waals surface area contributed by atoms with Crippen molar-refractivity contribution in [1.29, 1.82) is 0 Å². The molecule has 0 spiro atoms. The van der Waals surface area contributed by atoms with Gasteiger partial charge in [0, 0.05) is 36.8 Å². The summed E-state index contributed by atoms with van der Waals surface area (Å²) >= 11 is 0. The van der Waals surface area contributed by atoms with Crippen LogP contribution in [0, 0.1) is 18.3 Å². The number of carbonyl (C=O) groups is 1. The van der Waals surface area contributed by atoms with Gasteiger partial charge < -0.3 is 14.4 Å². The number of morpholine rings is 1. The molecule has 0 saturated carbocycles. The van der Waals surface area contributed by atoms with E-state index < -0.39 is 45.3 Å². The minimum atomic E-state index is -4.99. The predicted octanol–water partition coefficient (Wildman–Crippen LogP) is 7.83. The minimum absolute atomic E-state index is 0.0873. The zero-order valence-corrected chi connectivity index (χ0v) is 33.8. The number of aryl methyl sites for hydroxylation is 1. The maximum Gasteiger partial charge on any atom is 0.423 e. The van der Waals surface area contributed by atoms with Crippen molar-refractivity contribution >= 4 is 27.9 Å². The zero-order valence-electron chi connectivity index (χ0n) is 33.0. The van der Waals surface area contributed by atoms with Crippen LogP contribution < -0.4 is 14.4 Å². The van der Waals surface area contributed by atoms with Gasteiger partial charge in [0.25, 0.3) is 10.0 Å². The van der Waals surface area contributed by atoms with Gasteiger partial charge in [0.2, 0.25) is 11.8 Å². The highest BCUT2D eigenvalue weighted by Gasteiger charge is 2.42. The molecule has 1 aliphatic heterocycles. The molecule has 0 aliphatic carbocycles. The Morgan fingerprint density at radius 3 is 2.38 bits per heavy atom. The number of benzene rings is 2. The molecule has 1 saturated heterocycles. The van der Waals surface area contributed by atoms with Crippen LogP contribution in [0.25, 0.3) is 11.3 Å².